The molecule has 2 aromatic rings. The highest BCUT2D eigenvalue weighted by atomic mass is 35.5. The molecular formula is C18H17ClN2O4S. The fourth-order valence-corrected chi connectivity index (χ4v) is 4.73. The van der Waals surface area contributed by atoms with Crippen molar-refractivity contribution in [3.63, 3.8) is 0 Å². The van der Waals surface area contributed by atoms with Crippen molar-refractivity contribution < 1.29 is 18.0 Å². The first-order valence-corrected chi connectivity index (χ1v) is 9.92. The van der Waals surface area contributed by atoms with Crippen LogP contribution in [0.5, 0.6) is 0 Å². The van der Waals surface area contributed by atoms with Crippen LogP contribution in [-0.2, 0) is 14.8 Å². The zero-order chi connectivity index (χ0) is 19.1. The van der Waals surface area contributed by atoms with Gasteiger partial charge in [-0.3, -0.25) is 9.59 Å². The second-order valence-corrected chi connectivity index (χ2v) is 8.52. The monoisotopic (exact) mass is 392 g/mol. The van der Waals surface area contributed by atoms with Gasteiger partial charge in [-0.1, -0.05) is 30.7 Å². The molecule has 0 aliphatic carbocycles. The number of rotatable bonds is 3. The Morgan fingerprint density at radius 2 is 1.96 bits per heavy atom. The summed E-state index contributed by atoms with van der Waals surface area (Å²) in [5.74, 6) is -1.76. The molecule has 0 spiro atoms. The van der Waals surface area contributed by atoms with E-state index < -0.39 is 27.8 Å². The number of hydrogen-bond acceptors (Lipinski definition) is 4. The summed E-state index contributed by atoms with van der Waals surface area (Å²) in [6.07, 6.45) is 0. The number of carbonyl (C=O) groups excluding carboxylic acids is 2. The second kappa shape index (κ2) is 6.74. The largest absolute Gasteiger partial charge is 0.322 e. The summed E-state index contributed by atoms with van der Waals surface area (Å²) >= 11 is 6.05. The second-order valence-electron chi connectivity index (χ2n) is 6.25. The molecule has 26 heavy (non-hydrogen) atoms. The number of amides is 2. The SMILES string of the molecule is Cc1ccc(NC(=O)c2cccc(N3C(=O)C(C)CS3(=O)=O)c2)cc1Cl. The summed E-state index contributed by atoms with van der Waals surface area (Å²) in [5.41, 5.74) is 1.81. The summed E-state index contributed by atoms with van der Waals surface area (Å²) in [5, 5.41) is 3.24. The maximum Gasteiger partial charge on any atom is 0.255 e. The highest BCUT2D eigenvalue weighted by Gasteiger charge is 2.42. The van der Waals surface area contributed by atoms with E-state index in [1.54, 1.807) is 31.2 Å². The van der Waals surface area contributed by atoms with E-state index in [-0.39, 0.29) is 17.0 Å². The molecule has 1 aliphatic heterocycles. The van der Waals surface area contributed by atoms with Crippen LogP contribution in [0.2, 0.25) is 5.02 Å². The molecule has 2 amide bonds. The van der Waals surface area contributed by atoms with E-state index in [1.165, 1.54) is 18.2 Å². The normalized spacial score (nSPS) is 18.8. The molecule has 1 saturated heterocycles. The van der Waals surface area contributed by atoms with Crippen LogP contribution in [0.3, 0.4) is 0 Å². The van der Waals surface area contributed by atoms with Crippen molar-refractivity contribution in [2.45, 2.75) is 13.8 Å². The first-order valence-electron chi connectivity index (χ1n) is 7.93. The van der Waals surface area contributed by atoms with Gasteiger partial charge in [0, 0.05) is 16.3 Å². The van der Waals surface area contributed by atoms with Crippen molar-refractivity contribution in [1.82, 2.24) is 0 Å². The molecule has 0 bridgehead atoms. The van der Waals surface area contributed by atoms with Gasteiger partial charge in [0.2, 0.25) is 15.9 Å². The third-order valence-corrected chi connectivity index (χ3v) is 6.41. The standard InChI is InChI=1S/C18H17ClN2O4S/c1-11-6-7-14(9-16(11)19)20-17(22)13-4-3-5-15(8-13)21-18(23)12(2)10-26(21,24)25/h3-9,12H,10H2,1-2H3,(H,20,22). The Labute approximate surface area is 156 Å². The van der Waals surface area contributed by atoms with Gasteiger partial charge in [-0.05, 0) is 42.8 Å². The van der Waals surface area contributed by atoms with E-state index in [1.807, 2.05) is 6.92 Å². The van der Waals surface area contributed by atoms with Gasteiger partial charge in [0.1, 0.15) is 0 Å². The van der Waals surface area contributed by atoms with Crippen molar-refractivity contribution in [3.8, 4) is 0 Å². The Morgan fingerprint density at radius 3 is 2.58 bits per heavy atom. The maximum absolute atomic E-state index is 12.5. The molecule has 1 atom stereocenters. The van der Waals surface area contributed by atoms with E-state index >= 15 is 0 Å². The molecule has 8 heteroatoms. The number of carbonyl (C=O) groups is 2. The van der Waals surface area contributed by atoms with Gasteiger partial charge in [0.15, 0.2) is 0 Å². The first kappa shape index (κ1) is 18.4. The van der Waals surface area contributed by atoms with E-state index in [0.29, 0.717) is 10.7 Å². The van der Waals surface area contributed by atoms with Gasteiger partial charge in [0.05, 0.1) is 17.4 Å². The number of benzene rings is 2. The minimum absolute atomic E-state index is 0.161. The highest BCUT2D eigenvalue weighted by Crippen LogP contribution is 2.29. The molecular weight excluding hydrogens is 376 g/mol. The highest BCUT2D eigenvalue weighted by molar-refractivity contribution is 7.94. The molecule has 0 aromatic heterocycles. The van der Waals surface area contributed by atoms with Crippen LogP contribution >= 0.6 is 11.6 Å². The van der Waals surface area contributed by atoms with E-state index in [2.05, 4.69) is 5.32 Å². The summed E-state index contributed by atoms with van der Waals surface area (Å²) in [7, 11) is -3.72. The van der Waals surface area contributed by atoms with Crippen molar-refractivity contribution in [2.24, 2.45) is 5.92 Å². The number of hydrogen-bond donors (Lipinski definition) is 1. The Balaban J connectivity index is 1.88. The van der Waals surface area contributed by atoms with Gasteiger partial charge in [-0.2, -0.15) is 0 Å². The molecule has 0 saturated carbocycles. The maximum atomic E-state index is 12.5. The predicted octanol–water partition coefficient (Wildman–Crippen LogP) is 3.21. The minimum Gasteiger partial charge on any atom is -0.322 e. The molecule has 3 rings (SSSR count). The van der Waals surface area contributed by atoms with Crippen LogP contribution in [-0.4, -0.2) is 26.0 Å². The fourth-order valence-electron chi connectivity index (χ4n) is 2.73. The van der Waals surface area contributed by atoms with E-state index in [4.69, 9.17) is 11.6 Å². The molecule has 1 aliphatic rings. The Morgan fingerprint density at radius 1 is 1.23 bits per heavy atom. The lowest BCUT2D eigenvalue weighted by Gasteiger charge is -2.16. The third-order valence-electron chi connectivity index (χ3n) is 4.13. The van der Waals surface area contributed by atoms with Gasteiger partial charge >= 0.3 is 0 Å². The number of nitrogens with zero attached hydrogens (tertiary/aromatic N) is 1. The summed E-state index contributed by atoms with van der Waals surface area (Å²) < 4.78 is 25.2. The van der Waals surface area contributed by atoms with E-state index in [9.17, 15) is 18.0 Å². The molecule has 1 N–H and O–H groups in total. The summed E-state index contributed by atoms with van der Waals surface area (Å²) in [6.45, 7) is 3.42. The number of anilines is 2. The lowest BCUT2D eigenvalue weighted by molar-refractivity contribution is -0.119. The molecule has 1 fully saturated rings. The van der Waals surface area contributed by atoms with Crippen LogP contribution in [0.4, 0.5) is 11.4 Å². The van der Waals surface area contributed by atoms with Crippen molar-refractivity contribution in [1.29, 1.82) is 0 Å². The van der Waals surface area contributed by atoms with E-state index in [0.717, 1.165) is 9.87 Å². The zero-order valence-corrected chi connectivity index (χ0v) is 15.8. The van der Waals surface area contributed by atoms with Crippen LogP contribution in [0.1, 0.15) is 22.8 Å². The minimum atomic E-state index is -3.72. The lowest BCUT2D eigenvalue weighted by Crippen LogP contribution is -2.30. The Bertz CT molecular complexity index is 1000. The average molecular weight is 393 g/mol. The Hall–Kier alpha value is -2.38. The smallest absolute Gasteiger partial charge is 0.255 e. The summed E-state index contributed by atoms with van der Waals surface area (Å²) in [4.78, 5) is 24.7. The molecule has 136 valence electrons. The lowest BCUT2D eigenvalue weighted by atomic mass is 10.1. The predicted molar refractivity (Wildman–Crippen MR) is 101 cm³/mol. The van der Waals surface area contributed by atoms with Gasteiger partial charge in [-0.25, -0.2) is 12.7 Å². The van der Waals surface area contributed by atoms with Crippen LogP contribution in [0, 0.1) is 12.8 Å². The third kappa shape index (κ3) is 3.45. The number of aryl methyl sites for hydroxylation is 1. The fraction of sp³-hybridized carbons (Fsp3) is 0.222. The topological polar surface area (TPSA) is 83.6 Å². The summed E-state index contributed by atoms with van der Waals surface area (Å²) in [6, 6.07) is 11.1. The zero-order valence-electron chi connectivity index (χ0n) is 14.2. The molecule has 2 aromatic carbocycles. The van der Waals surface area contributed by atoms with Crippen LogP contribution in [0.15, 0.2) is 42.5 Å². The average Bonchev–Trinajstić information content (AvgIpc) is 2.78. The number of sulfonamides is 1. The molecule has 1 unspecified atom stereocenters. The van der Waals surface area contributed by atoms with Crippen molar-refractivity contribution in [3.05, 3.63) is 58.6 Å². The first-order chi connectivity index (χ1) is 12.2. The van der Waals surface area contributed by atoms with Crippen LogP contribution in [0.25, 0.3) is 0 Å². The molecule has 1 heterocycles. The van der Waals surface area contributed by atoms with Crippen molar-refractivity contribution in [2.75, 3.05) is 15.4 Å². The van der Waals surface area contributed by atoms with Gasteiger partial charge < -0.3 is 5.32 Å². The molecule has 6 nitrogen and oxygen atoms in total. The molecule has 0 radical (unpaired) electrons. The Kier molecular flexibility index (Phi) is 4.77. The van der Waals surface area contributed by atoms with Gasteiger partial charge in [0.25, 0.3) is 5.91 Å². The quantitative estimate of drug-likeness (QED) is 0.869. The number of halogens is 1. The van der Waals surface area contributed by atoms with Crippen molar-refractivity contribution >= 4 is 44.8 Å². The van der Waals surface area contributed by atoms with Crippen LogP contribution < -0.4 is 9.62 Å². The van der Waals surface area contributed by atoms with Gasteiger partial charge in [-0.15, -0.1) is 0 Å². The number of nitrogens with one attached hydrogen (secondary N) is 1.